The highest BCUT2D eigenvalue weighted by Gasteiger charge is 2.30. The van der Waals surface area contributed by atoms with E-state index < -0.39 is 28.8 Å². The molecule has 7 nitrogen and oxygen atoms in total. The Bertz CT molecular complexity index is 617. The summed E-state index contributed by atoms with van der Waals surface area (Å²) < 4.78 is 27.9. The summed E-state index contributed by atoms with van der Waals surface area (Å²) in [5.74, 6) is -1.30. The van der Waals surface area contributed by atoms with Gasteiger partial charge < -0.3 is 10.2 Å². The fraction of sp³-hybridized carbons (Fsp3) is 0.462. The zero-order valence-corrected chi connectivity index (χ0v) is 12.2. The number of aliphatic hydroxyl groups excluding tert-OH is 1. The van der Waals surface area contributed by atoms with E-state index in [-0.39, 0.29) is 13.0 Å². The summed E-state index contributed by atoms with van der Waals surface area (Å²) >= 11 is 0. The number of nitrogens with one attached hydrogen (secondary N) is 1. The van der Waals surface area contributed by atoms with E-state index in [4.69, 9.17) is 10.2 Å². The molecule has 0 bridgehead atoms. The van der Waals surface area contributed by atoms with Crippen LogP contribution in [0.25, 0.3) is 0 Å². The summed E-state index contributed by atoms with van der Waals surface area (Å²) in [5.41, 5.74) is 2.03. The molecule has 116 valence electrons. The van der Waals surface area contributed by atoms with Gasteiger partial charge in [0.2, 0.25) is 0 Å². The Hall–Kier alpha value is -1.48. The summed E-state index contributed by atoms with van der Waals surface area (Å²) in [6.07, 6.45) is 0.424. The number of carbonyl (C=O) groups is 1. The van der Waals surface area contributed by atoms with E-state index in [1.165, 1.54) is 4.31 Å². The second-order valence-electron chi connectivity index (χ2n) is 4.88. The second-order valence-corrected chi connectivity index (χ2v) is 6.58. The lowest BCUT2D eigenvalue weighted by molar-refractivity contribution is -0.139. The van der Waals surface area contributed by atoms with Gasteiger partial charge in [0, 0.05) is 19.7 Å². The van der Waals surface area contributed by atoms with E-state index in [9.17, 15) is 13.2 Å². The van der Waals surface area contributed by atoms with Gasteiger partial charge in [-0.3, -0.25) is 4.79 Å². The highest BCUT2D eigenvalue weighted by atomic mass is 32.2. The van der Waals surface area contributed by atoms with Crippen LogP contribution in [-0.4, -0.2) is 48.1 Å². The number of carboxylic acids is 1. The minimum atomic E-state index is -3.90. The monoisotopic (exact) mass is 314 g/mol. The molecule has 1 aliphatic heterocycles. The normalized spacial score (nSPS) is 17.2. The van der Waals surface area contributed by atoms with Crippen molar-refractivity contribution in [2.24, 2.45) is 0 Å². The predicted molar refractivity (Wildman–Crippen MR) is 75.7 cm³/mol. The van der Waals surface area contributed by atoms with Gasteiger partial charge in [0.25, 0.3) is 10.2 Å². The summed E-state index contributed by atoms with van der Waals surface area (Å²) in [5, 5.41) is 17.8. The molecule has 1 atom stereocenters. The summed E-state index contributed by atoms with van der Waals surface area (Å²) in [6, 6.07) is 6.24. The van der Waals surface area contributed by atoms with Crippen molar-refractivity contribution >= 4 is 16.2 Å². The molecule has 2 rings (SSSR count). The maximum absolute atomic E-state index is 12.3. The van der Waals surface area contributed by atoms with Gasteiger partial charge in [0.1, 0.15) is 6.04 Å². The summed E-state index contributed by atoms with van der Waals surface area (Å²) in [4.78, 5) is 11.0. The number of rotatable bonds is 6. The molecule has 0 saturated heterocycles. The molecule has 0 spiro atoms. The van der Waals surface area contributed by atoms with Crippen molar-refractivity contribution in [1.82, 2.24) is 9.03 Å². The number of fused-ring (bicyclic) bond motifs is 1. The minimum Gasteiger partial charge on any atom is -0.480 e. The smallest absolute Gasteiger partial charge is 0.321 e. The number of aliphatic hydroxyl groups is 1. The Morgan fingerprint density at radius 1 is 1.33 bits per heavy atom. The SMILES string of the molecule is O=C(O)[C@H](CCO)NS(=O)(=O)N1CCc2ccccc2C1. The molecule has 1 heterocycles. The van der Waals surface area contributed by atoms with E-state index in [0.29, 0.717) is 13.0 Å². The highest BCUT2D eigenvalue weighted by molar-refractivity contribution is 7.87. The van der Waals surface area contributed by atoms with E-state index in [1.807, 2.05) is 24.3 Å². The Kier molecular flexibility index (Phi) is 4.94. The zero-order valence-electron chi connectivity index (χ0n) is 11.4. The molecule has 3 N–H and O–H groups in total. The lowest BCUT2D eigenvalue weighted by Crippen LogP contribution is -2.49. The van der Waals surface area contributed by atoms with Crippen molar-refractivity contribution in [3.63, 3.8) is 0 Å². The maximum Gasteiger partial charge on any atom is 0.321 e. The molecule has 1 aromatic rings. The molecule has 21 heavy (non-hydrogen) atoms. The number of nitrogens with zero attached hydrogens (tertiary/aromatic N) is 1. The van der Waals surface area contributed by atoms with Crippen LogP contribution in [0.15, 0.2) is 24.3 Å². The third-order valence-corrected chi connectivity index (χ3v) is 5.02. The number of hydrogen-bond donors (Lipinski definition) is 3. The lowest BCUT2D eigenvalue weighted by atomic mass is 10.0. The van der Waals surface area contributed by atoms with Crippen LogP contribution in [0.2, 0.25) is 0 Å². The average molecular weight is 314 g/mol. The molecule has 0 fully saturated rings. The molecular weight excluding hydrogens is 296 g/mol. The van der Waals surface area contributed by atoms with Gasteiger partial charge in [-0.1, -0.05) is 24.3 Å². The third kappa shape index (κ3) is 3.79. The first-order valence-corrected chi connectivity index (χ1v) is 8.06. The molecule has 0 saturated carbocycles. The number of benzene rings is 1. The van der Waals surface area contributed by atoms with Crippen LogP contribution in [0.5, 0.6) is 0 Å². The van der Waals surface area contributed by atoms with Gasteiger partial charge in [-0.05, 0) is 24.0 Å². The minimum absolute atomic E-state index is 0.168. The molecule has 0 unspecified atom stereocenters. The lowest BCUT2D eigenvalue weighted by Gasteiger charge is -2.29. The van der Waals surface area contributed by atoms with Crippen molar-refractivity contribution in [3.8, 4) is 0 Å². The Morgan fingerprint density at radius 2 is 2.00 bits per heavy atom. The van der Waals surface area contributed by atoms with Crippen LogP contribution in [0.4, 0.5) is 0 Å². The number of aliphatic carboxylic acids is 1. The van der Waals surface area contributed by atoms with Crippen molar-refractivity contribution in [2.75, 3.05) is 13.2 Å². The predicted octanol–water partition coefficient (Wildman–Crippen LogP) is -0.285. The molecule has 1 aromatic carbocycles. The van der Waals surface area contributed by atoms with Crippen LogP contribution >= 0.6 is 0 Å². The Balaban J connectivity index is 2.12. The van der Waals surface area contributed by atoms with Gasteiger partial charge >= 0.3 is 5.97 Å². The molecule has 0 aliphatic carbocycles. The van der Waals surface area contributed by atoms with Crippen molar-refractivity contribution < 1.29 is 23.4 Å². The fourth-order valence-corrected chi connectivity index (χ4v) is 3.66. The zero-order chi connectivity index (χ0) is 15.5. The van der Waals surface area contributed by atoms with E-state index in [1.54, 1.807) is 0 Å². The number of carboxylic acid groups (broad SMARTS) is 1. The summed E-state index contributed by atoms with van der Waals surface area (Å²) in [7, 11) is -3.90. The van der Waals surface area contributed by atoms with E-state index in [2.05, 4.69) is 4.72 Å². The van der Waals surface area contributed by atoms with Crippen molar-refractivity contribution in [3.05, 3.63) is 35.4 Å². The second kappa shape index (κ2) is 6.52. The molecule has 8 heteroatoms. The largest absolute Gasteiger partial charge is 0.480 e. The van der Waals surface area contributed by atoms with Gasteiger partial charge in [-0.15, -0.1) is 0 Å². The molecule has 0 radical (unpaired) electrons. The van der Waals surface area contributed by atoms with Gasteiger partial charge in [0.15, 0.2) is 0 Å². The first kappa shape index (κ1) is 15.9. The Labute approximate surface area is 123 Å². The first-order chi connectivity index (χ1) is 9.94. The molecule has 0 aromatic heterocycles. The standard InChI is InChI=1S/C13H18N2O5S/c16-8-6-12(13(17)18)14-21(19,20)15-7-5-10-3-1-2-4-11(10)9-15/h1-4,12,14,16H,5-9H2,(H,17,18)/t12-/m0/s1. The number of hydrogen-bond acceptors (Lipinski definition) is 4. The molecule has 1 aliphatic rings. The third-order valence-electron chi connectivity index (χ3n) is 3.44. The van der Waals surface area contributed by atoms with Crippen LogP contribution < -0.4 is 4.72 Å². The Morgan fingerprint density at radius 3 is 2.62 bits per heavy atom. The van der Waals surface area contributed by atoms with Crippen LogP contribution in [-0.2, 0) is 28.0 Å². The van der Waals surface area contributed by atoms with E-state index in [0.717, 1.165) is 11.1 Å². The molecular formula is C13H18N2O5S. The van der Waals surface area contributed by atoms with Crippen molar-refractivity contribution in [1.29, 1.82) is 0 Å². The van der Waals surface area contributed by atoms with Gasteiger partial charge in [0.05, 0.1) is 0 Å². The summed E-state index contributed by atoms with van der Waals surface area (Å²) in [6.45, 7) is 0.122. The molecule has 0 amide bonds. The van der Waals surface area contributed by atoms with Crippen LogP contribution in [0.1, 0.15) is 17.5 Å². The first-order valence-electron chi connectivity index (χ1n) is 6.62. The van der Waals surface area contributed by atoms with Crippen LogP contribution in [0, 0.1) is 0 Å². The fourth-order valence-electron chi connectivity index (χ4n) is 2.29. The van der Waals surface area contributed by atoms with Crippen molar-refractivity contribution in [2.45, 2.75) is 25.4 Å². The topological polar surface area (TPSA) is 107 Å². The maximum atomic E-state index is 12.3. The van der Waals surface area contributed by atoms with Gasteiger partial charge in [-0.25, -0.2) is 0 Å². The van der Waals surface area contributed by atoms with E-state index >= 15 is 0 Å². The van der Waals surface area contributed by atoms with Crippen LogP contribution in [0.3, 0.4) is 0 Å². The highest BCUT2D eigenvalue weighted by Crippen LogP contribution is 2.20. The average Bonchev–Trinajstić information content (AvgIpc) is 2.46. The van der Waals surface area contributed by atoms with Gasteiger partial charge in [-0.2, -0.15) is 17.4 Å². The quantitative estimate of drug-likeness (QED) is 0.669.